The minimum absolute atomic E-state index is 0.0182. The molecule has 0 spiro atoms. The van der Waals surface area contributed by atoms with Crippen molar-refractivity contribution in [1.82, 2.24) is 19.9 Å². The van der Waals surface area contributed by atoms with Crippen molar-refractivity contribution in [1.29, 1.82) is 0 Å². The Bertz CT molecular complexity index is 1280. The first-order chi connectivity index (χ1) is 17.2. The molecule has 0 radical (unpaired) electrons. The van der Waals surface area contributed by atoms with E-state index in [9.17, 15) is 9.18 Å². The first-order valence-corrected chi connectivity index (χ1v) is 13.2. The molecule has 1 saturated carbocycles. The fourth-order valence-electron chi connectivity index (χ4n) is 4.58. The second-order valence-electron chi connectivity index (χ2n) is 9.12. The number of aromatic nitrogens is 3. The van der Waals surface area contributed by atoms with E-state index in [1.165, 1.54) is 37.8 Å². The van der Waals surface area contributed by atoms with Gasteiger partial charge in [0.1, 0.15) is 5.82 Å². The second-order valence-corrected chi connectivity index (χ2v) is 10.1. The second kappa shape index (κ2) is 11.0. The van der Waals surface area contributed by atoms with Gasteiger partial charge in [-0.2, -0.15) is 0 Å². The number of fused-ring (bicyclic) bond motifs is 1. The number of rotatable bonds is 7. The van der Waals surface area contributed by atoms with Crippen LogP contribution in [0.25, 0.3) is 11.0 Å². The molecule has 1 aliphatic carbocycles. The van der Waals surface area contributed by atoms with Crippen LogP contribution >= 0.6 is 11.8 Å². The smallest absolute Gasteiger partial charge is 0.251 e. The third-order valence-electron chi connectivity index (χ3n) is 6.54. The van der Waals surface area contributed by atoms with E-state index < -0.39 is 0 Å². The van der Waals surface area contributed by atoms with Crippen molar-refractivity contribution in [2.75, 3.05) is 0 Å². The topological polar surface area (TPSA) is 59.8 Å². The minimum atomic E-state index is -0.244. The van der Waals surface area contributed by atoms with Crippen molar-refractivity contribution >= 4 is 28.7 Å². The van der Waals surface area contributed by atoms with E-state index in [1.807, 2.05) is 36.5 Å². The molecule has 0 saturated heterocycles. The summed E-state index contributed by atoms with van der Waals surface area (Å²) >= 11 is 1.64. The molecule has 0 bridgehead atoms. The van der Waals surface area contributed by atoms with Crippen LogP contribution < -0.4 is 5.32 Å². The summed E-state index contributed by atoms with van der Waals surface area (Å²) in [4.78, 5) is 21.8. The largest absolute Gasteiger partial charge is 0.349 e. The predicted octanol–water partition coefficient (Wildman–Crippen LogP) is 6.36. The van der Waals surface area contributed by atoms with Crippen molar-refractivity contribution in [2.24, 2.45) is 0 Å². The molecule has 2 heterocycles. The number of pyridine rings is 1. The van der Waals surface area contributed by atoms with Gasteiger partial charge in [0.05, 0.1) is 23.8 Å². The van der Waals surface area contributed by atoms with Crippen LogP contribution in [-0.2, 0) is 12.3 Å². The van der Waals surface area contributed by atoms with Crippen LogP contribution in [0.15, 0.2) is 72.1 Å². The molecule has 35 heavy (non-hydrogen) atoms. The van der Waals surface area contributed by atoms with E-state index in [1.54, 1.807) is 30.1 Å². The number of carbonyl (C=O) groups is 1. The van der Waals surface area contributed by atoms with E-state index in [0.29, 0.717) is 18.2 Å². The van der Waals surface area contributed by atoms with E-state index in [4.69, 9.17) is 4.98 Å². The summed E-state index contributed by atoms with van der Waals surface area (Å²) in [5.74, 6) is 0.501. The molecule has 5 rings (SSSR count). The van der Waals surface area contributed by atoms with Gasteiger partial charge in [-0.1, -0.05) is 61.7 Å². The van der Waals surface area contributed by atoms with Gasteiger partial charge in [-0.3, -0.25) is 9.78 Å². The molecule has 0 aliphatic heterocycles. The van der Waals surface area contributed by atoms with Gasteiger partial charge in [0.25, 0.3) is 5.91 Å². The van der Waals surface area contributed by atoms with Gasteiger partial charge in [-0.25, -0.2) is 9.37 Å². The highest BCUT2D eigenvalue weighted by molar-refractivity contribution is 7.98. The summed E-state index contributed by atoms with van der Waals surface area (Å²) in [5, 5.41) is 4.10. The van der Waals surface area contributed by atoms with E-state index in [0.717, 1.165) is 45.9 Å². The standard InChI is InChI=1S/C28H29FN4OS/c29-23-13-9-20(10-14-23)18-33-26-17-30-16-15-25(26)32-28(33)35-19-21-7-11-22(12-8-21)27(34)31-24-5-3-1-2-4-6-24/h7-17,24H,1-6,18-19H2,(H,31,34). The summed E-state index contributed by atoms with van der Waals surface area (Å²) < 4.78 is 15.5. The third-order valence-corrected chi connectivity index (χ3v) is 7.59. The summed E-state index contributed by atoms with van der Waals surface area (Å²) in [6.07, 6.45) is 10.7. The summed E-state index contributed by atoms with van der Waals surface area (Å²) in [6.45, 7) is 0.588. The lowest BCUT2D eigenvalue weighted by Gasteiger charge is -2.16. The van der Waals surface area contributed by atoms with Crippen LogP contribution in [0.2, 0.25) is 0 Å². The number of thioether (sulfide) groups is 1. The van der Waals surface area contributed by atoms with Crippen LogP contribution in [-0.4, -0.2) is 26.5 Å². The lowest BCUT2D eigenvalue weighted by Crippen LogP contribution is -2.34. The van der Waals surface area contributed by atoms with Crippen molar-refractivity contribution in [3.8, 4) is 0 Å². The maximum atomic E-state index is 13.4. The summed E-state index contributed by atoms with van der Waals surface area (Å²) in [6, 6.07) is 16.6. The van der Waals surface area contributed by atoms with Gasteiger partial charge >= 0.3 is 0 Å². The Balaban J connectivity index is 1.27. The fraction of sp³-hybridized carbons (Fsp3) is 0.321. The van der Waals surface area contributed by atoms with Gasteiger partial charge in [-0.05, 0) is 54.3 Å². The highest BCUT2D eigenvalue weighted by atomic mass is 32.2. The molecule has 1 amide bonds. The van der Waals surface area contributed by atoms with Crippen LogP contribution in [0.3, 0.4) is 0 Å². The monoisotopic (exact) mass is 488 g/mol. The molecule has 4 aromatic rings. The number of imidazole rings is 1. The fourth-order valence-corrected chi connectivity index (χ4v) is 5.55. The van der Waals surface area contributed by atoms with Gasteiger partial charge in [0, 0.05) is 23.6 Å². The van der Waals surface area contributed by atoms with Crippen LogP contribution in [0, 0.1) is 5.82 Å². The van der Waals surface area contributed by atoms with Crippen LogP contribution in [0.4, 0.5) is 4.39 Å². The molecule has 1 fully saturated rings. The van der Waals surface area contributed by atoms with Crippen LogP contribution in [0.5, 0.6) is 0 Å². The number of carbonyl (C=O) groups excluding carboxylic acids is 1. The molecule has 7 heteroatoms. The zero-order chi connectivity index (χ0) is 24.0. The van der Waals surface area contributed by atoms with E-state index in [2.05, 4.69) is 14.9 Å². The molecule has 5 nitrogen and oxygen atoms in total. The summed E-state index contributed by atoms with van der Waals surface area (Å²) in [7, 11) is 0. The lowest BCUT2D eigenvalue weighted by atomic mass is 10.1. The molecule has 1 N–H and O–H groups in total. The Labute approximate surface area is 209 Å². The van der Waals surface area contributed by atoms with Crippen molar-refractivity contribution < 1.29 is 9.18 Å². The van der Waals surface area contributed by atoms with Crippen molar-refractivity contribution in [2.45, 2.75) is 62.0 Å². The highest BCUT2D eigenvalue weighted by Crippen LogP contribution is 2.28. The molecule has 2 aromatic carbocycles. The molecular formula is C28H29FN4OS. The molecule has 1 aliphatic rings. The number of halogens is 1. The Hall–Kier alpha value is -3.19. The number of nitrogens with one attached hydrogen (secondary N) is 1. The summed E-state index contributed by atoms with van der Waals surface area (Å²) in [5.41, 5.74) is 4.66. The quantitative estimate of drug-likeness (QED) is 0.243. The van der Waals surface area contributed by atoms with Crippen molar-refractivity contribution in [3.63, 3.8) is 0 Å². The first kappa shape index (κ1) is 23.5. The normalized spacial score (nSPS) is 14.7. The number of amides is 1. The van der Waals surface area contributed by atoms with E-state index >= 15 is 0 Å². The Kier molecular flexibility index (Phi) is 7.42. The third kappa shape index (κ3) is 5.90. The molecular weight excluding hydrogens is 459 g/mol. The van der Waals surface area contributed by atoms with Crippen LogP contribution in [0.1, 0.15) is 60.0 Å². The zero-order valence-electron chi connectivity index (χ0n) is 19.6. The maximum Gasteiger partial charge on any atom is 0.251 e. The molecule has 2 aromatic heterocycles. The first-order valence-electron chi connectivity index (χ1n) is 12.2. The SMILES string of the molecule is O=C(NC1CCCCCC1)c1ccc(CSc2nc3ccncc3n2Cc2ccc(F)cc2)cc1. The Morgan fingerprint density at radius 2 is 1.69 bits per heavy atom. The Morgan fingerprint density at radius 3 is 2.43 bits per heavy atom. The number of hydrogen-bond acceptors (Lipinski definition) is 4. The molecule has 0 atom stereocenters. The van der Waals surface area contributed by atoms with Gasteiger partial charge in [0.2, 0.25) is 0 Å². The number of hydrogen-bond donors (Lipinski definition) is 1. The molecule has 0 unspecified atom stereocenters. The maximum absolute atomic E-state index is 13.4. The predicted molar refractivity (Wildman–Crippen MR) is 138 cm³/mol. The Morgan fingerprint density at radius 1 is 0.971 bits per heavy atom. The van der Waals surface area contributed by atoms with Gasteiger partial charge in [0.15, 0.2) is 5.16 Å². The average Bonchev–Trinajstić information content (AvgIpc) is 3.02. The number of benzene rings is 2. The van der Waals surface area contributed by atoms with Crippen molar-refractivity contribution in [3.05, 3.63) is 89.5 Å². The average molecular weight is 489 g/mol. The number of nitrogens with zero attached hydrogens (tertiary/aromatic N) is 3. The lowest BCUT2D eigenvalue weighted by molar-refractivity contribution is 0.0933. The highest BCUT2D eigenvalue weighted by Gasteiger charge is 2.16. The van der Waals surface area contributed by atoms with Gasteiger partial charge in [-0.15, -0.1) is 0 Å². The minimum Gasteiger partial charge on any atom is -0.349 e. The molecule has 180 valence electrons. The van der Waals surface area contributed by atoms with E-state index in [-0.39, 0.29) is 11.7 Å². The zero-order valence-corrected chi connectivity index (χ0v) is 20.4. The van der Waals surface area contributed by atoms with Gasteiger partial charge < -0.3 is 9.88 Å².